The minimum absolute atomic E-state index is 0.112. The first-order valence-corrected chi connectivity index (χ1v) is 9.31. The van der Waals surface area contributed by atoms with Crippen molar-refractivity contribution in [2.75, 3.05) is 51.2 Å². The summed E-state index contributed by atoms with van der Waals surface area (Å²) in [6, 6.07) is 5.69. The van der Waals surface area contributed by atoms with Gasteiger partial charge in [-0.3, -0.25) is 19.7 Å². The SMILES string of the molecule is CN1CCN(C2CCN(c3nn(C)c4cc([N+](=O)[O-])ccc34)CC2)CC1. The number of piperazine rings is 1. The van der Waals surface area contributed by atoms with Gasteiger partial charge in [-0.05, 0) is 26.0 Å². The monoisotopic (exact) mass is 358 g/mol. The van der Waals surface area contributed by atoms with Crippen LogP contribution in [0.2, 0.25) is 0 Å². The average molecular weight is 358 g/mol. The van der Waals surface area contributed by atoms with E-state index in [1.165, 1.54) is 0 Å². The van der Waals surface area contributed by atoms with Crippen LogP contribution in [0.5, 0.6) is 0 Å². The maximum Gasteiger partial charge on any atom is 0.271 e. The van der Waals surface area contributed by atoms with Gasteiger partial charge in [0, 0.05) is 69.9 Å². The van der Waals surface area contributed by atoms with Crippen molar-refractivity contribution < 1.29 is 4.92 Å². The van der Waals surface area contributed by atoms with Gasteiger partial charge in [0.25, 0.3) is 5.69 Å². The van der Waals surface area contributed by atoms with Gasteiger partial charge < -0.3 is 9.80 Å². The number of non-ortho nitro benzene ring substituents is 1. The fourth-order valence-corrected chi connectivity index (χ4v) is 4.20. The van der Waals surface area contributed by atoms with Crippen LogP contribution < -0.4 is 4.90 Å². The first kappa shape index (κ1) is 17.2. The van der Waals surface area contributed by atoms with Gasteiger partial charge in [-0.1, -0.05) is 0 Å². The predicted molar refractivity (Wildman–Crippen MR) is 102 cm³/mol. The molecule has 3 heterocycles. The standard InChI is InChI=1S/C18H26N6O2/c1-20-9-11-22(12-10-20)14-5-7-23(8-6-14)18-16-4-3-15(24(25)26)13-17(16)21(2)19-18/h3-4,13-14H,5-12H2,1-2H3. The summed E-state index contributed by atoms with van der Waals surface area (Å²) in [5, 5.41) is 16.7. The summed E-state index contributed by atoms with van der Waals surface area (Å²) in [4.78, 5) is 18.0. The summed E-state index contributed by atoms with van der Waals surface area (Å²) in [6.07, 6.45) is 2.30. The summed E-state index contributed by atoms with van der Waals surface area (Å²) in [5.74, 6) is 0.953. The first-order valence-electron chi connectivity index (χ1n) is 9.31. The zero-order valence-electron chi connectivity index (χ0n) is 15.5. The fraction of sp³-hybridized carbons (Fsp3) is 0.611. The van der Waals surface area contributed by atoms with E-state index in [-0.39, 0.29) is 10.6 Å². The summed E-state index contributed by atoms with van der Waals surface area (Å²) < 4.78 is 1.75. The highest BCUT2D eigenvalue weighted by molar-refractivity contribution is 5.92. The van der Waals surface area contributed by atoms with Crippen LogP contribution in [-0.2, 0) is 7.05 Å². The van der Waals surface area contributed by atoms with E-state index in [2.05, 4.69) is 26.8 Å². The van der Waals surface area contributed by atoms with Gasteiger partial charge >= 0.3 is 0 Å². The molecule has 0 bridgehead atoms. The van der Waals surface area contributed by atoms with Crippen molar-refractivity contribution in [1.82, 2.24) is 19.6 Å². The highest BCUT2D eigenvalue weighted by atomic mass is 16.6. The Balaban J connectivity index is 1.48. The summed E-state index contributed by atoms with van der Waals surface area (Å²) >= 11 is 0. The van der Waals surface area contributed by atoms with Crippen molar-refractivity contribution in [2.45, 2.75) is 18.9 Å². The number of benzene rings is 1. The molecule has 2 aliphatic heterocycles. The van der Waals surface area contributed by atoms with Crippen LogP contribution in [0, 0.1) is 10.1 Å². The molecule has 2 fully saturated rings. The summed E-state index contributed by atoms with van der Waals surface area (Å²) in [6.45, 7) is 6.61. The fourth-order valence-electron chi connectivity index (χ4n) is 4.20. The smallest absolute Gasteiger partial charge is 0.271 e. The molecule has 2 aliphatic rings. The Hall–Kier alpha value is -2.19. The minimum Gasteiger partial charge on any atom is -0.355 e. The zero-order chi connectivity index (χ0) is 18.3. The molecular weight excluding hydrogens is 332 g/mol. The van der Waals surface area contributed by atoms with Crippen molar-refractivity contribution in [3.8, 4) is 0 Å². The Morgan fingerprint density at radius 2 is 1.77 bits per heavy atom. The molecule has 0 saturated carbocycles. The Bertz CT molecular complexity index is 803. The lowest BCUT2D eigenvalue weighted by Crippen LogP contribution is -2.52. The number of nitro groups is 1. The largest absolute Gasteiger partial charge is 0.355 e. The van der Waals surface area contributed by atoms with Crippen LogP contribution in [0.25, 0.3) is 10.9 Å². The molecule has 8 nitrogen and oxygen atoms in total. The summed E-state index contributed by atoms with van der Waals surface area (Å²) in [7, 11) is 4.04. The number of likely N-dealkylation sites (N-methyl/N-ethyl adjacent to an activating group) is 1. The number of hydrogen-bond donors (Lipinski definition) is 0. The first-order chi connectivity index (χ1) is 12.5. The molecule has 0 unspecified atom stereocenters. The Morgan fingerprint density at radius 1 is 1.08 bits per heavy atom. The third-order valence-corrected chi connectivity index (χ3v) is 5.84. The molecule has 140 valence electrons. The molecule has 1 aromatic heterocycles. The molecule has 8 heteroatoms. The number of nitrogens with zero attached hydrogens (tertiary/aromatic N) is 6. The Kier molecular flexibility index (Phi) is 4.54. The summed E-state index contributed by atoms with van der Waals surface area (Å²) in [5.41, 5.74) is 0.927. The van der Waals surface area contributed by atoms with Crippen molar-refractivity contribution in [1.29, 1.82) is 0 Å². The van der Waals surface area contributed by atoms with E-state index in [0.717, 1.165) is 68.8 Å². The van der Waals surface area contributed by atoms with Crippen LogP contribution in [0.4, 0.5) is 11.5 Å². The lowest BCUT2D eigenvalue weighted by molar-refractivity contribution is -0.384. The van der Waals surface area contributed by atoms with Crippen molar-refractivity contribution in [3.05, 3.63) is 28.3 Å². The number of anilines is 1. The molecule has 26 heavy (non-hydrogen) atoms. The van der Waals surface area contributed by atoms with Crippen molar-refractivity contribution in [3.63, 3.8) is 0 Å². The molecule has 4 rings (SSSR count). The molecular formula is C18H26N6O2. The Labute approximate surface area is 153 Å². The molecule has 0 aliphatic carbocycles. The normalized spacial score (nSPS) is 20.8. The Morgan fingerprint density at radius 3 is 2.42 bits per heavy atom. The highest BCUT2D eigenvalue weighted by Crippen LogP contribution is 2.31. The van der Waals surface area contributed by atoms with Gasteiger partial charge in [0.2, 0.25) is 0 Å². The van der Waals surface area contributed by atoms with Crippen molar-refractivity contribution >= 4 is 22.4 Å². The van der Waals surface area contributed by atoms with Crippen LogP contribution in [0.1, 0.15) is 12.8 Å². The lowest BCUT2D eigenvalue weighted by atomic mass is 10.0. The predicted octanol–water partition coefficient (Wildman–Crippen LogP) is 1.70. The highest BCUT2D eigenvalue weighted by Gasteiger charge is 2.28. The van der Waals surface area contributed by atoms with E-state index in [1.807, 2.05) is 13.1 Å². The number of aromatic nitrogens is 2. The van der Waals surface area contributed by atoms with Crippen molar-refractivity contribution in [2.24, 2.45) is 7.05 Å². The molecule has 2 saturated heterocycles. The van der Waals surface area contributed by atoms with E-state index >= 15 is 0 Å². The number of hydrogen-bond acceptors (Lipinski definition) is 6. The maximum atomic E-state index is 11.0. The van der Waals surface area contributed by atoms with E-state index in [4.69, 9.17) is 0 Å². The van der Waals surface area contributed by atoms with Gasteiger partial charge in [0.15, 0.2) is 5.82 Å². The second-order valence-corrected chi connectivity index (χ2v) is 7.46. The van der Waals surface area contributed by atoms with Gasteiger partial charge in [0.05, 0.1) is 10.4 Å². The van der Waals surface area contributed by atoms with Crippen LogP contribution in [-0.4, -0.2) is 76.9 Å². The third-order valence-electron chi connectivity index (χ3n) is 5.84. The molecule has 0 spiro atoms. The van der Waals surface area contributed by atoms with Gasteiger partial charge in [-0.2, -0.15) is 5.10 Å². The molecule has 2 aromatic rings. The third kappa shape index (κ3) is 3.14. The molecule has 1 aromatic carbocycles. The van der Waals surface area contributed by atoms with Crippen LogP contribution >= 0.6 is 0 Å². The van der Waals surface area contributed by atoms with E-state index in [0.29, 0.717) is 6.04 Å². The quantitative estimate of drug-likeness (QED) is 0.614. The average Bonchev–Trinajstić information content (AvgIpc) is 2.99. The molecule has 0 N–H and O–H groups in total. The number of fused-ring (bicyclic) bond motifs is 1. The van der Waals surface area contributed by atoms with E-state index in [9.17, 15) is 10.1 Å². The minimum atomic E-state index is -0.354. The molecule has 0 radical (unpaired) electrons. The second kappa shape index (κ2) is 6.85. The number of nitro benzene ring substituents is 1. The van der Waals surface area contributed by atoms with Crippen LogP contribution in [0.15, 0.2) is 18.2 Å². The number of piperidine rings is 1. The number of rotatable bonds is 3. The maximum absolute atomic E-state index is 11.0. The molecule has 0 atom stereocenters. The second-order valence-electron chi connectivity index (χ2n) is 7.46. The van der Waals surface area contributed by atoms with E-state index < -0.39 is 0 Å². The number of aryl methyl sites for hydroxylation is 1. The van der Waals surface area contributed by atoms with E-state index in [1.54, 1.807) is 16.8 Å². The van der Waals surface area contributed by atoms with Crippen LogP contribution in [0.3, 0.4) is 0 Å². The molecule has 0 amide bonds. The van der Waals surface area contributed by atoms with Gasteiger partial charge in [-0.25, -0.2) is 0 Å². The van der Waals surface area contributed by atoms with Gasteiger partial charge in [-0.15, -0.1) is 0 Å². The lowest BCUT2D eigenvalue weighted by Gasteiger charge is -2.42. The topological polar surface area (TPSA) is 70.7 Å². The zero-order valence-corrected chi connectivity index (χ0v) is 15.5. The van der Waals surface area contributed by atoms with Gasteiger partial charge in [0.1, 0.15) is 0 Å².